The summed E-state index contributed by atoms with van der Waals surface area (Å²) in [6.45, 7) is 11.8. The Morgan fingerprint density at radius 1 is 1.19 bits per heavy atom. The number of hydrogen-bond acceptors (Lipinski definition) is 5. The fourth-order valence-electron chi connectivity index (χ4n) is 3.31. The van der Waals surface area contributed by atoms with Gasteiger partial charge in [0.2, 0.25) is 11.8 Å². The first kappa shape index (κ1) is 20.5. The SMILES string of the molecule is CC(C)[C@@H](C(=O)N1CCOCC1)N1CC[C@H](NC(=O)OC(C)(C)C)C1=O. The number of ether oxygens (including phenoxy) is 2. The van der Waals surface area contributed by atoms with E-state index in [9.17, 15) is 14.4 Å². The van der Waals surface area contributed by atoms with Crippen LogP contribution in [0.25, 0.3) is 0 Å². The smallest absolute Gasteiger partial charge is 0.408 e. The van der Waals surface area contributed by atoms with Gasteiger partial charge in [-0.15, -0.1) is 0 Å². The van der Waals surface area contributed by atoms with Gasteiger partial charge in [0.15, 0.2) is 0 Å². The minimum atomic E-state index is -0.649. The van der Waals surface area contributed by atoms with Gasteiger partial charge >= 0.3 is 6.09 Å². The highest BCUT2D eigenvalue weighted by molar-refractivity contribution is 5.93. The molecule has 2 atom stereocenters. The van der Waals surface area contributed by atoms with Gasteiger partial charge in [0.25, 0.3) is 0 Å². The Morgan fingerprint density at radius 3 is 2.35 bits per heavy atom. The summed E-state index contributed by atoms with van der Waals surface area (Å²) in [5.41, 5.74) is -0.627. The van der Waals surface area contributed by atoms with Crippen LogP contribution in [0.1, 0.15) is 41.0 Å². The second-order valence-corrected chi connectivity index (χ2v) is 8.15. The van der Waals surface area contributed by atoms with E-state index in [1.165, 1.54) is 0 Å². The van der Waals surface area contributed by atoms with E-state index in [1.807, 2.05) is 13.8 Å². The largest absolute Gasteiger partial charge is 0.444 e. The Morgan fingerprint density at radius 2 is 1.81 bits per heavy atom. The number of likely N-dealkylation sites (tertiary alicyclic amines) is 1. The number of nitrogens with one attached hydrogen (secondary N) is 1. The van der Waals surface area contributed by atoms with E-state index >= 15 is 0 Å². The van der Waals surface area contributed by atoms with Gasteiger partial charge < -0.3 is 24.6 Å². The molecule has 0 aromatic carbocycles. The highest BCUT2D eigenvalue weighted by Gasteiger charge is 2.42. The zero-order valence-electron chi connectivity index (χ0n) is 16.4. The van der Waals surface area contributed by atoms with Crippen molar-refractivity contribution in [3.63, 3.8) is 0 Å². The van der Waals surface area contributed by atoms with Gasteiger partial charge in [0.1, 0.15) is 17.7 Å². The summed E-state index contributed by atoms with van der Waals surface area (Å²) in [6, 6.07) is -1.17. The van der Waals surface area contributed by atoms with Crippen molar-refractivity contribution in [3.05, 3.63) is 0 Å². The van der Waals surface area contributed by atoms with Crippen LogP contribution >= 0.6 is 0 Å². The summed E-state index contributed by atoms with van der Waals surface area (Å²) in [7, 11) is 0. The van der Waals surface area contributed by atoms with Crippen LogP contribution in [0.5, 0.6) is 0 Å². The second-order valence-electron chi connectivity index (χ2n) is 8.15. The van der Waals surface area contributed by atoms with Crippen molar-refractivity contribution in [1.29, 1.82) is 0 Å². The number of nitrogens with zero attached hydrogens (tertiary/aromatic N) is 2. The van der Waals surface area contributed by atoms with Crippen LogP contribution in [0.2, 0.25) is 0 Å². The van der Waals surface area contributed by atoms with Crippen molar-refractivity contribution < 1.29 is 23.9 Å². The minimum absolute atomic E-state index is 0.0189. The zero-order valence-corrected chi connectivity index (χ0v) is 16.4. The van der Waals surface area contributed by atoms with E-state index in [2.05, 4.69) is 5.32 Å². The van der Waals surface area contributed by atoms with Crippen LogP contribution < -0.4 is 5.32 Å². The van der Waals surface area contributed by atoms with Gasteiger partial charge in [0.05, 0.1) is 13.2 Å². The maximum Gasteiger partial charge on any atom is 0.408 e. The second kappa shape index (κ2) is 8.24. The van der Waals surface area contributed by atoms with Gasteiger partial charge in [-0.25, -0.2) is 4.79 Å². The molecule has 0 bridgehead atoms. The Kier molecular flexibility index (Phi) is 6.49. The summed E-state index contributed by atoms with van der Waals surface area (Å²) >= 11 is 0. The van der Waals surface area contributed by atoms with E-state index in [-0.39, 0.29) is 17.7 Å². The Labute approximate surface area is 155 Å². The molecule has 26 heavy (non-hydrogen) atoms. The van der Waals surface area contributed by atoms with Gasteiger partial charge in [-0.2, -0.15) is 0 Å². The van der Waals surface area contributed by atoms with Crippen LogP contribution in [-0.4, -0.2) is 78.2 Å². The molecule has 2 aliphatic rings. The molecule has 2 heterocycles. The third-order valence-corrected chi connectivity index (χ3v) is 4.47. The summed E-state index contributed by atoms with van der Waals surface area (Å²) in [6.07, 6.45) is -0.143. The predicted molar refractivity (Wildman–Crippen MR) is 95.5 cm³/mol. The first-order chi connectivity index (χ1) is 12.1. The molecular formula is C18H31N3O5. The molecule has 0 saturated carbocycles. The lowest BCUT2D eigenvalue weighted by Crippen LogP contribution is -2.55. The van der Waals surface area contributed by atoms with Crippen LogP contribution in [0, 0.1) is 5.92 Å². The van der Waals surface area contributed by atoms with E-state index in [1.54, 1.807) is 30.6 Å². The molecule has 0 unspecified atom stereocenters. The lowest BCUT2D eigenvalue weighted by Gasteiger charge is -2.36. The average Bonchev–Trinajstić information content (AvgIpc) is 2.87. The molecule has 0 aromatic heterocycles. The highest BCUT2D eigenvalue weighted by Crippen LogP contribution is 2.22. The zero-order chi connectivity index (χ0) is 19.5. The molecule has 8 nitrogen and oxygen atoms in total. The Bertz CT molecular complexity index is 537. The topological polar surface area (TPSA) is 88.2 Å². The van der Waals surface area contributed by atoms with Gasteiger partial charge in [-0.1, -0.05) is 13.8 Å². The van der Waals surface area contributed by atoms with Crippen LogP contribution in [-0.2, 0) is 19.1 Å². The van der Waals surface area contributed by atoms with Crippen molar-refractivity contribution >= 4 is 17.9 Å². The van der Waals surface area contributed by atoms with Crippen LogP contribution in [0.15, 0.2) is 0 Å². The number of hydrogen-bond donors (Lipinski definition) is 1. The third-order valence-electron chi connectivity index (χ3n) is 4.47. The van der Waals surface area contributed by atoms with Crippen molar-refractivity contribution in [2.75, 3.05) is 32.8 Å². The lowest BCUT2D eigenvalue weighted by molar-refractivity contribution is -0.148. The fraction of sp³-hybridized carbons (Fsp3) is 0.833. The predicted octanol–water partition coefficient (Wildman–Crippen LogP) is 0.995. The van der Waals surface area contributed by atoms with Crippen molar-refractivity contribution in [3.8, 4) is 0 Å². The molecule has 1 N–H and O–H groups in total. The first-order valence-electron chi connectivity index (χ1n) is 9.26. The molecule has 0 radical (unpaired) electrons. The molecule has 2 aliphatic heterocycles. The maximum atomic E-state index is 13.0. The molecule has 2 saturated heterocycles. The van der Waals surface area contributed by atoms with Crippen LogP contribution in [0.4, 0.5) is 4.79 Å². The molecule has 8 heteroatoms. The Hall–Kier alpha value is -1.83. The first-order valence-corrected chi connectivity index (χ1v) is 9.26. The van der Waals surface area contributed by atoms with E-state index < -0.39 is 23.8 Å². The molecule has 3 amide bonds. The average molecular weight is 369 g/mol. The van der Waals surface area contributed by atoms with E-state index in [0.717, 1.165) is 0 Å². The number of morpholine rings is 1. The number of alkyl carbamates (subject to hydrolysis) is 1. The molecular weight excluding hydrogens is 338 g/mol. The molecule has 2 rings (SSSR count). The summed E-state index contributed by atoms with van der Waals surface area (Å²) < 4.78 is 10.5. The van der Waals surface area contributed by atoms with Gasteiger partial charge in [0, 0.05) is 19.6 Å². The summed E-state index contributed by atoms with van der Waals surface area (Å²) in [5.74, 6) is -0.291. The standard InChI is InChI=1S/C18H31N3O5/c1-12(2)14(16(23)20-8-10-25-11-9-20)21-7-6-13(15(21)22)19-17(24)26-18(3,4)5/h12-14H,6-11H2,1-5H3,(H,19,24)/t13-,14-/m0/s1. The molecule has 148 valence electrons. The molecule has 0 spiro atoms. The summed E-state index contributed by atoms with van der Waals surface area (Å²) in [5, 5.41) is 2.63. The summed E-state index contributed by atoms with van der Waals surface area (Å²) in [4.78, 5) is 41.1. The molecule has 0 aliphatic carbocycles. The van der Waals surface area contributed by atoms with Crippen LogP contribution in [0.3, 0.4) is 0 Å². The van der Waals surface area contributed by atoms with E-state index in [4.69, 9.17) is 9.47 Å². The van der Waals surface area contributed by atoms with Crippen molar-refractivity contribution in [2.45, 2.75) is 58.7 Å². The van der Waals surface area contributed by atoms with E-state index in [0.29, 0.717) is 39.3 Å². The quantitative estimate of drug-likeness (QED) is 0.799. The number of rotatable bonds is 4. The normalized spacial score (nSPS) is 22.5. The number of carbonyl (C=O) groups excluding carboxylic acids is 3. The minimum Gasteiger partial charge on any atom is -0.444 e. The van der Waals surface area contributed by atoms with Crippen molar-refractivity contribution in [2.24, 2.45) is 5.92 Å². The Balaban J connectivity index is 2.03. The monoisotopic (exact) mass is 369 g/mol. The number of carbonyl (C=O) groups is 3. The van der Waals surface area contributed by atoms with Gasteiger partial charge in [-0.05, 0) is 33.1 Å². The van der Waals surface area contributed by atoms with Crippen molar-refractivity contribution in [1.82, 2.24) is 15.1 Å². The molecule has 0 aromatic rings. The fourth-order valence-corrected chi connectivity index (χ4v) is 3.31. The maximum absolute atomic E-state index is 13.0. The highest BCUT2D eigenvalue weighted by atomic mass is 16.6. The lowest BCUT2D eigenvalue weighted by atomic mass is 10.0. The third kappa shape index (κ3) is 5.09. The van der Waals surface area contributed by atoms with Gasteiger partial charge in [-0.3, -0.25) is 9.59 Å². The number of amides is 3. The molecule has 2 fully saturated rings.